The number of hydrogen-bond donors (Lipinski definition) is 0. The van der Waals surface area contributed by atoms with Gasteiger partial charge in [-0.1, -0.05) is 11.6 Å². The smallest absolute Gasteiger partial charge is 0.152 e. The van der Waals surface area contributed by atoms with Crippen LogP contribution in [0.3, 0.4) is 0 Å². The number of methoxy groups -OCH3 is 1. The van der Waals surface area contributed by atoms with E-state index in [4.69, 9.17) is 16.3 Å². The molecular formula is C12H8ClF2NO. The van der Waals surface area contributed by atoms with Gasteiger partial charge in [0.2, 0.25) is 0 Å². The summed E-state index contributed by atoms with van der Waals surface area (Å²) >= 11 is 5.83. The average Bonchev–Trinajstić information content (AvgIpc) is 2.29. The molecule has 0 fully saturated rings. The van der Waals surface area contributed by atoms with Gasteiger partial charge in [-0.05, 0) is 18.2 Å². The van der Waals surface area contributed by atoms with Gasteiger partial charge in [-0.25, -0.2) is 13.8 Å². The van der Waals surface area contributed by atoms with E-state index < -0.39 is 11.6 Å². The van der Waals surface area contributed by atoms with Crippen LogP contribution in [-0.2, 0) is 0 Å². The van der Waals surface area contributed by atoms with Gasteiger partial charge >= 0.3 is 0 Å². The third-order valence-electron chi connectivity index (χ3n) is 2.22. The first-order chi connectivity index (χ1) is 8.11. The van der Waals surface area contributed by atoms with Crippen LogP contribution in [0, 0.1) is 11.6 Å². The Balaban J connectivity index is 2.62. The van der Waals surface area contributed by atoms with Gasteiger partial charge in [0.25, 0.3) is 0 Å². The van der Waals surface area contributed by atoms with Crippen molar-refractivity contribution in [2.75, 3.05) is 7.11 Å². The number of hydrogen-bond acceptors (Lipinski definition) is 2. The molecule has 0 N–H and O–H groups in total. The highest BCUT2D eigenvalue weighted by atomic mass is 35.5. The zero-order valence-corrected chi connectivity index (χ0v) is 9.63. The fourth-order valence-corrected chi connectivity index (χ4v) is 1.65. The molecule has 0 radical (unpaired) electrons. The Kier molecular flexibility index (Phi) is 3.24. The molecule has 0 aliphatic carbocycles. The highest BCUT2D eigenvalue weighted by molar-refractivity contribution is 6.30. The monoisotopic (exact) mass is 255 g/mol. The molecule has 2 nitrogen and oxygen atoms in total. The van der Waals surface area contributed by atoms with Crippen molar-refractivity contribution in [3.63, 3.8) is 0 Å². The Morgan fingerprint density at radius 2 is 2.00 bits per heavy atom. The first kappa shape index (κ1) is 11.8. The van der Waals surface area contributed by atoms with E-state index in [0.717, 1.165) is 12.3 Å². The lowest BCUT2D eigenvalue weighted by Crippen LogP contribution is -1.94. The first-order valence-corrected chi connectivity index (χ1v) is 5.14. The molecule has 0 saturated heterocycles. The Morgan fingerprint density at radius 3 is 2.65 bits per heavy atom. The second kappa shape index (κ2) is 4.67. The topological polar surface area (TPSA) is 22.1 Å². The lowest BCUT2D eigenvalue weighted by atomic mass is 10.1. The zero-order valence-electron chi connectivity index (χ0n) is 8.88. The van der Waals surface area contributed by atoms with Crippen molar-refractivity contribution in [1.82, 2.24) is 4.98 Å². The Labute approximate surface area is 102 Å². The number of rotatable bonds is 2. The molecule has 1 aromatic carbocycles. The van der Waals surface area contributed by atoms with E-state index in [1.807, 2.05) is 0 Å². The fraction of sp³-hybridized carbons (Fsp3) is 0.0833. The van der Waals surface area contributed by atoms with Crippen molar-refractivity contribution in [3.05, 3.63) is 47.1 Å². The van der Waals surface area contributed by atoms with Crippen molar-refractivity contribution in [3.8, 4) is 17.0 Å². The van der Waals surface area contributed by atoms with Crippen LogP contribution in [0.1, 0.15) is 0 Å². The average molecular weight is 256 g/mol. The summed E-state index contributed by atoms with van der Waals surface area (Å²) in [5.41, 5.74) is 0.392. The molecule has 0 amide bonds. The lowest BCUT2D eigenvalue weighted by molar-refractivity contribution is 0.416. The minimum Gasteiger partial charge on any atom is -0.496 e. The van der Waals surface area contributed by atoms with Crippen molar-refractivity contribution in [1.29, 1.82) is 0 Å². The van der Waals surface area contributed by atoms with Gasteiger partial charge < -0.3 is 4.74 Å². The van der Waals surface area contributed by atoms with Gasteiger partial charge in [0.05, 0.1) is 13.3 Å². The molecule has 2 aromatic rings. The zero-order chi connectivity index (χ0) is 12.4. The summed E-state index contributed by atoms with van der Waals surface area (Å²) in [6.45, 7) is 0. The molecule has 1 heterocycles. The van der Waals surface area contributed by atoms with Crippen molar-refractivity contribution < 1.29 is 13.5 Å². The van der Waals surface area contributed by atoms with Gasteiger partial charge in [0.1, 0.15) is 17.3 Å². The summed E-state index contributed by atoms with van der Waals surface area (Å²) in [6, 6.07) is 5.50. The van der Waals surface area contributed by atoms with Crippen LogP contribution >= 0.6 is 11.6 Å². The number of halogens is 3. The molecule has 2 rings (SSSR count). The van der Waals surface area contributed by atoms with Gasteiger partial charge in [0.15, 0.2) is 5.82 Å². The molecule has 0 unspecified atom stereocenters. The Hall–Kier alpha value is -1.68. The number of benzene rings is 1. The van der Waals surface area contributed by atoms with Crippen molar-refractivity contribution in [2.45, 2.75) is 0 Å². The number of pyridine rings is 1. The van der Waals surface area contributed by atoms with Crippen LogP contribution in [0.25, 0.3) is 11.3 Å². The fourth-order valence-electron chi connectivity index (χ4n) is 1.48. The van der Waals surface area contributed by atoms with Crippen LogP contribution in [-0.4, -0.2) is 12.1 Å². The Morgan fingerprint density at radius 1 is 1.24 bits per heavy atom. The number of nitrogens with zero attached hydrogens (tertiary/aromatic N) is 1. The molecule has 0 aliphatic heterocycles. The van der Waals surface area contributed by atoms with E-state index in [0.29, 0.717) is 16.3 Å². The van der Waals surface area contributed by atoms with E-state index in [1.165, 1.54) is 13.2 Å². The second-order valence-electron chi connectivity index (χ2n) is 3.33. The van der Waals surface area contributed by atoms with Crippen LogP contribution in [0.15, 0.2) is 30.5 Å². The normalized spacial score (nSPS) is 10.4. The summed E-state index contributed by atoms with van der Waals surface area (Å²) in [5.74, 6) is -1.06. The summed E-state index contributed by atoms with van der Waals surface area (Å²) in [7, 11) is 1.45. The molecule has 0 saturated carbocycles. The standard InChI is InChI=1S/C12H8ClF2NO/c1-17-11-3-2-7(13)4-9(11)12-10(15)5-8(14)6-16-12/h2-6H,1H3. The number of ether oxygens (including phenoxy) is 1. The largest absolute Gasteiger partial charge is 0.496 e. The highest BCUT2D eigenvalue weighted by Gasteiger charge is 2.13. The molecule has 88 valence electrons. The first-order valence-electron chi connectivity index (χ1n) is 4.77. The van der Waals surface area contributed by atoms with E-state index >= 15 is 0 Å². The van der Waals surface area contributed by atoms with Crippen molar-refractivity contribution >= 4 is 11.6 Å². The van der Waals surface area contributed by atoms with Crippen molar-refractivity contribution in [2.24, 2.45) is 0 Å². The lowest BCUT2D eigenvalue weighted by Gasteiger charge is -2.09. The number of aromatic nitrogens is 1. The highest BCUT2D eigenvalue weighted by Crippen LogP contribution is 2.32. The SMILES string of the molecule is COc1ccc(Cl)cc1-c1ncc(F)cc1F. The molecule has 0 aliphatic rings. The van der Waals surface area contributed by atoms with E-state index in [1.54, 1.807) is 12.1 Å². The summed E-state index contributed by atoms with van der Waals surface area (Å²) in [4.78, 5) is 3.71. The minimum atomic E-state index is -0.759. The maximum absolute atomic E-state index is 13.6. The van der Waals surface area contributed by atoms with E-state index in [2.05, 4.69) is 4.98 Å². The van der Waals surface area contributed by atoms with Crippen LogP contribution in [0.5, 0.6) is 5.75 Å². The Bertz CT molecular complexity index is 560. The third kappa shape index (κ3) is 2.36. The minimum absolute atomic E-state index is 0.00532. The maximum atomic E-state index is 13.6. The van der Waals surface area contributed by atoms with Gasteiger partial charge in [-0.3, -0.25) is 0 Å². The predicted octanol–water partition coefficient (Wildman–Crippen LogP) is 3.69. The molecule has 0 bridgehead atoms. The molecule has 0 spiro atoms. The predicted molar refractivity (Wildman–Crippen MR) is 61.2 cm³/mol. The summed E-state index contributed by atoms with van der Waals surface area (Å²) in [6.07, 6.45) is 0.943. The van der Waals surface area contributed by atoms with Gasteiger partial charge in [0, 0.05) is 16.7 Å². The molecular weight excluding hydrogens is 248 g/mol. The third-order valence-corrected chi connectivity index (χ3v) is 2.46. The molecule has 17 heavy (non-hydrogen) atoms. The molecule has 1 aromatic heterocycles. The summed E-state index contributed by atoms with van der Waals surface area (Å²) in [5, 5.41) is 0.423. The molecule has 5 heteroatoms. The van der Waals surface area contributed by atoms with Gasteiger partial charge in [-0.15, -0.1) is 0 Å². The van der Waals surface area contributed by atoms with Crippen LogP contribution in [0.2, 0.25) is 5.02 Å². The van der Waals surface area contributed by atoms with E-state index in [9.17, 15) is 8.78 Å². The van der Waals surface area contributed by atoms with Crippen LogP contribution in [0.4, 0.5) is 8.78 Å². The summed E-state index contributed by atoms with van der Waals surface area (Å²) < 4.78 is 31.4. The maximum Gasteiger partial charge on any atom is 0.152 e. The van der Waals surface area contributed by atoms with E-state index in [-0.39, 0.29) is 5.69 Å². The quantitative estimate of drug-likeness (QED) is 0.817. The second-order valence-corrected chi connectivity index (χ2v) is 3.77. The molecule has 0 atom stereocenters. The van der Waals surface area contributed by atoms with Gasteiger partial charge in [-0.2, -0.15) is 0 Å². The van der Waals surface area contributed by atoms with Crippen LogP contribution < -0.4 is 4.74 Å².